The van der Waals surface area contributed by atoms with Gasteiger partial charge >= 0.3 is 0 Å². The summed E-state index contributed by atoms with van der Waals surface area (Å²) in [7, 11) is 0. The molecule has 0 unspecified atom stereocenters. The van der Waals surface area contributed by atoms with E-state index >= 15 is 0 Å². The molecule has 0 aromatic rings. The molecule has 1 radical (unpaired) electrons. The Morgan fingerprint density at radius 2 is 2.33 bits per heavy atom. The molecule has 0 bridgehead atoms. The second-order valence-electron chi connectivity index (χ2n) is 0.947. The van der Waals surface area contributed by atoms with Gasteiger partial charge in [-0.15, -0.1) is 5.11 Å². The Balaban J connectivity index is 2.46. The minimum atomic E-state index is 0.729. The molecule has 0 amide bonds. The third-order valence-electron chi connectivity index (χ3n) is 0.498. The first-order chi connectivity index (χ1) is 3.00. The topological polar surface area (TPSA) is 37.1 Å². The quantitative estimate of drug-likeness (QED) is 0.404. The molecule has 31 valence electrons. The van der Waals surface area contributed by atoms with Gasteiger partial charge in [-0.25, -0.2) is 0 Å². The van der Waals surface area contributed by atoms with Crippen molar-refractivity contribution in [3.63, 3.8) is 0 Å². The normalized spacial score (nSPS) is 18.7. The second kappa shape index (κ2) is 1.64. The Morgan fingerprint density at radius 3 is 2.50 bits per heavy atom. The third-order valence-corrected chi connectivity index (χ3v) is 0.498. The van der Waals surface area contributed by atoms with Crippen LogP contribution in [0.4, 0.5) is 0 Å². The van der Waals surface area contributed by atoms with Gasteiger partial charge in [0.25, 0.3) is 0 Å². The van der Waals surface area contributed by atoms with Gasteiger partial charge in [0, 0.05) is 0 Å². The fourth-order valence-electron chi connectivity index (χ4n) is 0.258. The van der Waals surface area contributed by atoms with E-state index in [1.54, 1.807) is 0 Å². The lowest BCUT2D eigenvalue weighted by atomic mass is 10.7. The fraction of sp³-hybridized carbons (Fsp3) is 0.667. The Bertz CT molecular complexity index is 72.0. The molecule has 1 rings (SSSR count). The summed E-state index contributed by atoms with van der Waals surface area (Å²) in [5.74, 6) is 0. The monoisotopic (exact) mass is 82.0 g/mol. The van der Waals surface area contributed by atoms with Crippen molar-refractivity contribution in [2.45, 2.75) is 0 Å². The molecule has 0 saturated heterocycles. The molecule has 1 heterocycles. The van der Waals surface area contributed by atoms with Crippen molar-refractivity contribution in [2.75, 3.05) is 13.1 Å². The Hall–Kier alpha value is -0.730. The fourth-order valence-corrected chi connectivity index (χ4v) is 0.258. The predicted octanol–water partition coefficient (Wildman–Crippen LogP) is 0.358. The highest BCUT2D eigenvalue weighted by Gasteiger charge is 1.81. The van der Waals surface area contributed by atoms with Crippen molar-refractivity contribution in [3.8, 4) is 0 Å². The molecule has 0 fully saturated rings. The number of nitrogens with zero attached hydrogens (tertiary/aromatic N) is 3. The lowest BCUT2D eigenvalue weighted by molar-refractivity contribution is 0.893. The zero-order chi connectivity index (χ0) is 4.24. The molecule has 0 aliphatic carbocycles. The first kappa shape index (κ1) is 3.46. The van der Waals surface area contributed by atoms with Gasteiger partial charge in [0.2, 0.25) is 6.34 Å². The van der Waals surface area contributed by atoms with Gasteiger partial charge in [0.15, 0.2) is 0 Å². The molecule has 1 aliphatic rings. The summed E-state index contributed by atoms with van der Waals surface area (Å²) in [5.41, 5.74) is 0. The van der Waals surface area contributed by atoms with Gasteiger partial charge in [0.05, 0.1) is 13.1 Å². The Kier molecular flexibility index (Phi) is 0.948. The van der Waals surface area contributed by atoms with E-state index in [2.05, 4.69) is 21.6 Å². The lowest BCUT2D eigenvalue weighted by Crippen LogP contribution is -1.89. The largest absolute Gasteiger partial charge is 0.260 e. The molecular weight excluding hydrogens is 78.1 g/mol. The van der Waals surface area contributed by atoms with Crippen LogP contribution in [-0.2, 0) is 0 Å². The summed E-state index contributed by atoms with van der Waals surface area (Å²) in [6.07, 6.45) is 2.37. The Morgan fingerprint density at radius 1 is 1.33 bits per heavy atom. The number of aliphatic imine (C=N–C) groups is 1. The van der Waals surface area contributed by atoms with E-state index in [0.717, 1.165) is 13.1 Å². The van der Waals surface area contributed by atoms with E-state index in [9.17, 15) is 0 Å². The van der Waals surface area contributed by atoms with Gasteiger partial charge in [-0.2, -0.15) is 5.11 Å². The highest BCUT2D eigenvalue weighted by atomic mass is 15.1. The van der Waals surface area contributed by atoms with Crippen molar-refractivity contribution in [1.82, 2.24) is 0 Å². The molecule has 0 aromatic heterocycles. The minimum Gasteiger partial charge on any atom is -0.260 e. The van der Waals surface area contributed by atoms with Crippen molar-refractivity contribution in [1.29, 1.82) is 0 Å². The van der Waals surface area contributed by atoms with Crippen LogP contribution in [0, 0.1) is 0 Å². The van der Waals surface area contributed by atoms with Gasteiger partial charge in [-0.1, -0.05) is 0 Å². The van der Waals surface area contributed by atoms with Crippen molar-refractivity contribution >= 4 is 6.34 Å². The molecule has 0 N–H and O–H groups in total. The first-order valence-corrected chi connectivity index (χ1v) is 1.78. The van der Waals surface area contributed by atoms with Crippen LogP contribution >= 0.6 is 0 Å². The van der Waals surface area contributed by atoms with E-state index in [0.29, 0.717) is 0 Å². The maximum atomic E-state index is 3.67. The molecule has 1 aliphatic heterocycles. The van der Waals surface area contributed by atoms with Gasteiger partial charge in [0.1, 0.15) is 0 Å². The number of hydrogen-bond donors (Lipinski definition) is 0. The average Bonchev–Trinajstić information content (AvgIpc) is 1.72. The third kappa shape index (κ3) is 0.607. The number of hydrogen-bond acceptors (Lipinski definition) is 3. The van der Waals surface area contributed by atoms with Crippen molar-refractivity contribution in [2.24, 2.45) is 15.2 Å². The molecule has 0 aromatic carbocycles. The summed E-state index contributed by atoms with van der Waals surface area (Å²) in [5, 5.41) is 6.98. The zero-order valence-electron chi connectivity index (χ0n) is 3.26. The highest BCUT2D eigenvalue weighted by molar-refractivity contribution is 5.54. The van der Waals surface area contributed by atoms with Crippen molar-refractivity contribution < 1.29 is 0 Å². The van der Waals surface area contributed by atoms with Crippen molar-refractivity contribution in [3.05, 3.63) is 0 Å². The van der Waals surface area contributed by atoms with Crippen LogP contribution in [0.2, 0.25) is 0 Å². The van der Waals surface area contributed by atoms with Crippen LogP contribution in [-0.4, -0.2) is 19.4 Å². The molecule has 0 saturated carbocycles. The maximum absolute atomic E-state index is 3.67. The summed E-state index contributed by atoms with van der Waals surface area (Å²) in [4.78, 5) is 3.67. The van der Waals surface area contributed by atoms with E-state index in [-0.39, 0.29) is 0 Å². The van der Waals surface area contributed by atoms with Crippen LogP contribution < -0.4 is 0 Å². The summed E-state index contributed by atoms with van der Waals surface area (Å²) < 4.78 is 0. The summed E-state index contributed by atoms with van der Waals surface area (Å²) >= 11 is 0. The second-order valence-corrected chi connectivity index (χ2v) is 0.947. The molecule has 3 heteroatoms. The standard InChI is InChI=1S/C3H4N3/c1-2-5-6-3-4-1/h1-2H2. The Labute approximate surface area is 35.8 Å². The minimum absolute atomic E-state index is 0.729. The highest BCUT2D eigenvalue weighted by Crippen LogP contribution is 1.80. The van der Waals surface area contributed by atoms with E-state index in [4.69, 9.17) is 0 Å². The van der Waals surface area contributed by atoms with Crippen LogP contribution in [0.15, 0.2) is 15.2 Å². The summed E-state index contributed by atoms with van der Waals surface area (Å²) in [6.45, 7) is 1.48. The first-order valence-electron chi connectivity index (χ1n) is 1.78. The number of rotatable bonds is 0. The van der Waals surface area contributed by atoms with Crippen LogP contribution in [0.5, 0.6) is 0 Å². The maximum Gasteiger partial charge on any atom is 0.216 e. The van der Waals surface area contributed by atoms with E-state index in [1.807, 2.05) is 0 Å². The predicted molar refractivity (Wildman–Crippen MR) is 22.0 cm³/mol. The molecule has 0 spiro atoms. The SMILES string of the molecule is [C]1=NCCN=N1. The van der Waals surface area contributed by atoms with E-state index in [1.165, 1.54) is 0 Å². The van der Waals surface area contributed by atoms with Gasteiger partial charge in [-0.05, 0) is 0 Å². The van der Waals surface area contributed by atoms with E-state index < -0.39 is 0 Å². The molecule has 0 atom stereocenters. The smallest absolute Gasteiger partial charge is 0.216 e. The lowest BCUT2D eigenvalue weighted by Gasteiger charge is -1.86. The van der Waals surface area contributed by atoms with Crippen LogP contribution in [0.1, 0.15) is 0 Å². The summed E-state index contributed by atoms with van der Waals surface area (Å²) in [6, 6.07) is 0. The zero-order valence-corrected chi connectivity index (χ0v) is 3.26. The molecule has 3 nitrogen and oxygen atoms in total. The van der Waals surface area contributed by atoms with Gasteiger partial charge < -0.3 is 0 Å². The molecule has 6 heavy (non-hydrogen) atoms. The van der Waals surface area contributed by atoms with Crippen LogP contribution in [0.25, 0.3) is 0 Å². The number of azo groups is 1. The molecular formula is C3H4N3. The van der Waals surface area contributed by atoms with Gasteiger partial charge in [-0.3, -0.25) is 4.99 Å². The average molecular weight is 82.1 g/mol. The van der Waals surface area contributed by atoms with Crippen LogP contribution in [0.3, 0.4) is 0 Å².